The van der Waals surface area contributed by atoms with E-state index in [0.29, 0.717) is 11.3 Å². The third-order valence-corrected chi connectivity index (χ3v) is 4.72. The van der Waals surface area contributed by atoms with Gasteiger partial charge in [-0.25, -0.2) is 4.98 Å². The summed E-state index contributed by atoms with van der Waals surface area (Å²) in [6.07, 6.45) is 1.01. The van der Waals surface area contributed by atoms with E-state index in [9.17, 15) is 13.2 Å². The fraction of sp³-hybridized carbons (Fsp3) is 0.158. The Morgan fingerprint density at radius 1 is 1.04 bits per heavy atom. The van der Waals surface area contributed by atoms with Gasteiger partial charge in [0.2, 0.25) is 0 Å². The Labute approximate surface area is 151 Å². The third kappa shape index (κ3) is 4.18. The molecule has 0 atom stereocenters. The lowest BCUT2D eigenvalue weighted by Gasteiger charge is -2.10. The second-order valence-corrected chi connectivity index (χ2v) is 7.16. The number of aryl methyl sites for hydroxylation is 1. The Kier molecular flexibility index (Phi) is 5.18. The number of hydrogen-bond acceptors (Lipinski definition) is 6. The molecule has 1 aromatic heterocycles. The van der Waals surface area contributed by atoms with Gasteiger partial charge in [-0.3, -0.25) is 0 Å². The van der Waals surface area contributed by atoms with Crippen molar-refractivity contribution in [3.8, 4) is 11.5 Å². The molecule has 0 bridgehead atoms. The first kappa shape index (κ1) is 17.9. The van der Waals surface area contributed by atoms with Crippen LogP contribution in [0.2, 0.25) is 0 Å². The maximum Gasteiger partial charge on any atom is 0.356 e. The van der Waals surface area contributed by atoms with Crippen molar-refractivity contribution in [3.05, 3.63) is 60.2 Å². The first-order chi connectivity index (χ1) is 12.5. The van der Waals surface area contributed by atoms with Crippen LogP contribution < -0.4 is 8.92 Å². The van der Waals surface area contributed by atoms with Gasteiger partial charge in [-0.1, -0.05) is 18.2 Å². The third-order valence-electron chi connectivity index (χ3n) is 3.56. The number of carbonyl (C=O) groups excluding carboxylic acids is 1. The molecule has 1 heterocycles. The summed E-state index contributed by atoms with van der Waals surface area (Å²) in [5, 5.41) is 0.675. The second kappa shape index (κ2) is 7.53. The van der Waals surface area contributed by atoms with Crippen LogP contribution >= 0.6 is 0 Å². The van der Waals surface area contributed by atoms with Crippen molar-refractivity contribution in [3.63, 3.8) is 0 Å². The first-order valence-corrected chi connectivity index (χ1v) is 9.37. The van der Waals surface area contributed by atoms with Gasteiger partial charge in [0.1, 0.15) is 17.8 Å². The van der Waals surface area contributed by atoms with Gasteiger partial charge in [-0.15, -0.1) is 0 Å². The molecule has 0 radical (unpaired) electrons. The summed E-state index contributed by atoms with van der Waals surface area (Å²) >= 11 is 0. The number of para-hydroxylation sites is 1. The van der Waals surface area contributed by atoms with Crippen molar-refractivity contribution in [2.75, 3.05) is 6.61 Å². The quantitative estimate of drug-likeness (QED) is 0.360. The van der Waals surface area contributed by atoms with E-state index in [4.69, 9.17) is 8.92 Å². The van der Waals surface area contributed by atoms with Crippen LogP contribution in [0.3, 0.4) is 0 Å². The SMILES string of the molecule is Cc1cc(OCCC=O)cc(OS(=O)(=O)c2ccc3ccccc3n2)c1. The average Bonchev–Trinajstić information content (AvgIpc) is 2.60. The predicted molar refractivity (Wildman–Crippen MR) is 96.9 cm³/mol. The van der Waals surface area contributed by atoms with Crippen LogP contribution in [-0.4, -0.2) is 26.3 Å². The molecule has 0 spiro atoms. The van der Waals surface area contributed by atoms with Gasteiger partial charge in [-0.2, -0.15) is 8.42 Å². The van der Waals surface area contributed by atoms with Crippen LogP contribution in [0.1, 0.15) is 12.0 Å². The number of rotatable bonds is 7. The summed E-state index contributed by atoms with van der Waals surface area (Å²) < 4.78 is 35.8. The number of aldehydes is 1. The lowest BCUT2D eigenvalue weighted by atomic mass is 10.2. The van der Waals surface area contributed by atoms with Gasteiger partial charge in [0.15, 0.2) is 5.03 Å². The Morgan fingerprint density at radius 3 is 2.62 bits per heavy atom. The Hall–Kier alpha value is -2.93. The molecule has 26 heavy (non-hydrogen) atoms. The van der Waals surface area contributed by atoms with Crippen LogP contribution in [0, 0.1) is 6.92 Å². The van der Waals surface area contributed by atoms with Crippen molar-refractivity contribution in [1.29, 1.82) is 0 Å². The molecule has 0 aliphatic carbocycles. The monoisotopic (exact) mass is 371 g/mol. The van der Waals surface area contributed by atoms with E-state index in [1.165, 1.54) is 12.1 Å². The zero-order chi connectivity index (χ0) is 18.6. The molecule has 7 heteroatoms. The minimum Gasteiger partial charge on any atom is -0.493 e. The highest BCUT2D eigenvalue weighted by atomic mass is 32.2. The van der Waals surface area contributed by atoms with E-state index in [1.54, 1.807) is 37.3 Å². The van der Waals surface area contributed by atoms with Gasteiger partial charge < -0.3 is 13.7 Å². The van der Waals surface area contributed by atoms with Crippen molar-refractivity contribution >= 4 is 27.3 Å². The van der Waals surface area contributed by atoms with Gasteiger partial charge in [0.25, 0.3) is 0 Å². The first-order valence-electron chi connectivity index (χ1n) is 7.96. The minimum absolute atomic E-state index is 0.126. The minimum atomic E-state index is -4.09. The van der Waals surface area contributed by atoms with Crippen molar-refractivity contribution < 1.29 is 22.1 Å². The fourth-order valence-corrected chi connectivity index (χ4v) is 3.31. The summed E-state index contributed by atoms with van der Waals surface area (Å²) in [5.41, 5.74) is 1.34. The molecule has 0 aliphatic heterocycles. The van der Waals surface area contributed by atoms with E-state index in [2.05, 4.69) is 4.98 Å². The standard InChI is InChI=1S/C19H17NO5S/c1-14-11-16(24-10-4-9-21)13-17(12-14)25-26(22,23)19-8-7-15-5-2-3-6-18(15)20-19/h2-3,5-9,11-13H,4,10H2,1H3. The lowest BCUT2D eigenvalue weighted by molar-refractivity contribution is -0.108. The number of aromatic nitrogens is 1. The number of nitrogens with zero attached hydrogens (tertiary/aromatic N) is 1. The fourth-order valence-electron chi connectivity index (χ4n) is 2.43. The molecule has 2 aromatic carbocycles. The molecule has 134 valence electrons. The Morgan fingerprint density at radius 2 is 1.81 bits per heavy atom. The molecular formula is C19H17NO5S. The number of fused-ring (bicyclic) bond motifs is 1. The Balaban J connectivity index is 1.87. The molecule has 0 unspecified atom stereocenters. The van der Waals surface area contributed by atoms with Crippen LogP contribution in [0.5, 0.6) is 11.5 Å². The normalized spacial score (nSPS) is 11.3. The van der Waals surface area contributed by atoms with Crippen molar-refractivity contribution in [1.82, 2.24) is 4.98 Å². The molecule has 0 fully saturated rings. The highest BCUT2D eigenvalue weighted by molar-refractivity contribution is 7.87. The van der Waals surface area contributed by atoms with Crippen molar-refractivity contribution in [2.24, 2.45) is 0 Å². The summed E-state index contributed by atoms with van der Waals surface area (Å²) in [6, 6.07) is 15.1. The molecule has 6 nitrogen and oxygen atoms in total. The smallest absolute Gasteiger partial charge is 0.356 e. The number of benzene rings is 2. The van der Waals surface area contributed by atoms with E-state index in [0.717, 1.165) is 17.2 Å². The summed E-state index contributed by atoms with van der Waals surface area (Å²) in [5.74, 6) is 0.560. The Bertz CT molecular complexity index is 1050. The van der Waals surface area contributed by atoms with Crippen LogP contribution in [0.15, 0.2) is 59.6 Å². The van der Waals surface area contributed by atoms with E-state index in [-0.39, 0.29) is 23.8 Å². The number of ether oxygens (including phenoxy) is 1. The molecule has 0 aliphatic rings. The number of hydrogen-bond donors (Lipinski definition) is 0. The molecule has 0 saturated carbocycles. The molecular weight excluding hydrogens is 354 g/mol. The van der Waals surface area contributed by atoms with Crippen LogP contribution in [-0.2, 0) is 14.9 Å². The summed E-state index contributed by atoms with van der Waals surface area (Å²) in [4.78, 5) is 14.5. The highest BCUT2D eigenvalue weighted by Gasteiger charge is 2.19. The van der Waals surface area contributed by atoms with Crippen LogP contribution in [0.25, 0.3) is 10.9 Å². The molecule has 0 amide bonds. The van der Waals surface area contributed by atoms with Gasteiger partial charge in [0.05, 0.1) is 12.1 Å². The van der Waals surface area contributed by atoms with E-state index >= 15 is 0 Å². The maximum atomic E-state index is 12.6. The molecule has 0 N–H and O–H groups in total. The highest BCUT2D eigenvalue weighted by Crippen LogP contribution is 2.26. The van der Waals surface area contributed by atoms with Crippen molar-refractivity contribution in [2.45, 2.75) is 18.4 Å². The largest absolute Gasteiger partial charge is 0.493 e. The topological polar surface area (TPSA) is 82.6 Å². The maximum absolute atomic E-state index is 12.6. The second-order valence-electron chi connectivity index (χ2n) is 5.67. The summed E-state index contributed by atoms with van der Waals surface area (Å²) in [6.45, 7) is 2.01. The van der Waals surface area contributed by atoms with Gasteiger partial charge >= 0.3 is 10.1 Å². The summed E-state index contributed by atoms with van der Waals surface area (Å²) in [7, 11) is -4.09. The van der Waals surface area contributed by atoms with E-state index in [1.807, 2.05) is 12.1 Å². The van der Waals surface area contributed by atoms with Crippen LogP contribution in [0.4, 0.5) is 0 Å². The van der Waals surface area contributed by atoms with Gasteiger partial charge in [-0.05, 0) is 42.8 Å². The molecule has 3 aromatic rings. The number of pyridine rings is 1. The molecule has 3 rings (SSSR count). The number of carbonyl (C=O) groups is 1. The predicted octanol–water partition coefficient (Wildman–Crippen LogP) is 3.28. The average molecular weight is 371 g/mol. The lowest BCUT2D eigenvalue weighted by Crippen LogP contribution is -2.12. The molecule has 0 saturated heterocycles. The van der Waals surface area contributed by atoms with E-state index < -0.39 is 10.1 Å². The zero-order valence-corrected chi connectivity index (χ0v) is 14.9. The van der Waals surface area contributed by atoms with Gasteiger partial charge in [0, 0.05) is 17.9 Å². The zero-order valence-electron chi connectivity index (χ0n) is 14.1.